The van der Waals surface area contributed by atoms with Crippen LogP contribution in [0.4, 0.5) is 9.59 Å². The second-order valence-corrected chi connectivity index (χ2v) is 0.788. The van der Waals surface area contributed by atoms with Gasteiger partial charge in [-0.3, -0.25) is 5.43 Å². The van der Waals surface area contributed by atoms with Gasteiger partial charge in [-0.15, -0.1) is 0 Å². The summed E-state index contributed by atoms with van der Waals surface area (Å²) in [4.78, 5) is 17.9. The number of amides is 2. The largest absolute Gasteiger partial charge is 0.465 e. The highest BCUT2D eigenvalue weighted by Gasteiger charge is 1.77. The first-order valence-corrected chi connectivity index (χ1v) is 1.68. The minimum atomic E-state index is -1.33. The van der Waals surface area contributed by atoms with Crippen LogP contribution in [0.1, 0.15) is 0 Å². The fraction of sp³-hybridized carbons (Fsp3) is 0. The van der Waals surface area contributed by atoms with Crippen molar-refractivity contribution in [1.82, 2.24) is 5.43 Å². The molecule has 0 bridgehead atoms. The Morgan fingerprint density at radius 2 is 1.44 bits per heavy atom. The highest BCUT2D eigenvalue weighted by atomic mass is 16.4. The lowest BCUT2D eigenvalue weighted by Crippen LogP contribution is -2.27. The van der Waals surface area contributed by atoms with Gasteiger partial charge in [-0.2, -0.15) is 0 Å². The molecule has 0 fully saturated rings. The SMILES string of the molecule is NC(=O)O.NNC(=O)O. The second kappa shape index (κ2) is 6.50. The van der Waals surface area contributed by atoms with Crippen LogP contribution >= 0.6 is 0 Å². The van der Waals surface area contributed by atoms with Gasteiger partial charge >= 0.3 is 12.2 Å². The quantitative estimate of drug-likeness (QED) is 0.161. The van der Waals surface area contributed by atoms with Crippen molar-refractivity contribution >= 4 is 12.2 Å². The van der Waals surface area contributed by atoms with Crippen molar-refractivity contribution in [2.45, 2.75) is 0 Å². The molecule has 0 spiro atoms. The van der Waals surface area contributed by atoms with E-state index in [4.69, 9.17) is 19.8 Å². The summed E-state index contributed by atoms with van der Waals surface area (Å²) in [5, 5.41) is 14.7. The normalized spacial score (nSPS) is 6.33. The van der Waals surface area contributed by atoms with Gasteiger partial charge in [-0.1, -0.05) is 0 Å². The van der Waals surface area contributed by atoms with Crippen molar-refractivity contribution in [2.24, 2.45) is 11.6 Å². The van der Waals surface area contributed by atoms with Crippen molar-refractivity contribution in [3.8, 4) is 0 Å². The summed E-state index contributed by atoms with van der Waals surface area (Å²) in [5.41, 5.74) is 5.47. The van der Waals surface area contributed by atoms with E-state index in [0.29, 0.717) is 0 Å². The Hall–Kier alpha value is -1.50. The lowest BCUT2D eigenvalue weighted by molar-refractivity contribution is 0.194. The molecule has 54 valence electrons. The Bertz CT molecular complexity index is 98.0. The van der Waals surface area contributed by atoms with Gasteiger partial charge in [-0.25, -0.2) is 15.4 Å². The third kappa shape index (κ3) is 526. The molecule has 0 aromatic carbocycles. The molecule has 9 heavy (non-hydrogen) atoms. The zero-order chi connectivity index (χ0) is 7.86. The Morgan fingerprint density at radius 1 is 1.33 bits per heavy atom. The van der Waals surface area contributed by atoms with E-state index in [2.05, 4.69) is 11.6 Å². The van der Waals surface area contributed by atoms with E-state index < -0.39 is 12.2 Å². The van der Waals surface area contributed by atoms with Crippen LogP contribution in [0.3, 0.4) is 0 Å². The molecule has 0 saturated heterocycles. The van der Waals surface area contributed by atoms with E-state index in [1.165, 1.54) is 5.43 Å². The van der Waals surface area contributed by atoms with E-state index in [1.807, 2.05) is 0 Å². The van der Waals surface area contributed by atoms with E-state index in [9.17, 15) is 0 Å². The predicted octanol–water partition coefficient (Wildman–Crippen LogP) is -1.25. The van der Waals surface area contributed by atoms with Crippen molar-refractivity contribution in [3.05, 3.63) is 0 Å². The van der Waals surface area contributed by atoms with Crippen molar-refractivity contribution in [1.29, 1.82) is 0 Å². The Morgan fingerprint density at radius 3 is 1.44 bits per heavy atom. The van der Waals surface area contributed by atoms with Crippen molar-refractivity contribution in [2.75, 3.05) is 0 Å². The standard InChI is InChI=1S/CH4N2O2.CH3NO2/c2-3-1(4)5;2-1(3)4/h3H,2H2,(H,4,5);2H2,(H,3,4). The number of nitrogens with one attached hydrogen (secondary N) is 1. The maximum atomic E-state index is 9.13. The van der Waals surface area contributed by atoms with Gasteiger partial charge in [0.05, 0.1) is 0 Å². The lowest BCUT2D eigenvalue weighted by Gasteiger charge is -1.79. The number of carbonyl (C=O) groups is 2. The first-order chi connectivity index (χ1) is 4.00. The molecule has 2 amide bonds. The highest BCUT2D eigenvalue weighted by Crippen LogP contribution is 1.42. The minimum Gasteiger partial charge on any atom is -0.465 e. The van der Waals surface area contributed by atoms with Crippen LogP contribution in [0.25, 0.3) is 0 Å². The van der Waals surface area contributed by atoms with Crippen molar-refractivity contribution < 1.29 is 19.8 Å². The smallest absolute Gasteiger partial charge is 0.418 e. The van der Waals surface area contributed by atoms with Gasteiger partial charge in [0.2, 0.25) is 0 Å². The molecule has 0 aliphatic heterocycles. The van der Waals surface area contributed by atoms with E-state index in [1.54, 1.807) is 0 Å². The average Bonchev–Trinajstić information content (AvgIpc) is 1.65. The molecule has 0 rings (SSSR count). The molecule has 0 unspecified atom stereocenters. The predicted molar refractivity (Wildman–Crippen MR) is 27.6 cm³/mol. The maximum Gasteiger partial charge on any atom is 0.418 e. The van der Waals surface area contributed by atoms with Crippen LogP contribution in [-0.4, -0.2) is 22.4 Å². The molecule has 0 heterocycles. The Labute approximate surface area is 50.2 Å². The summed E-state index contributed by atoms with van der Waals surface area (Å²) in [6.45, 7) is 0. The number of hydrazine groups is 1. The fourth-order valence-corrected chi connectivity index (χ4v) is 0. The summed E-state index contributed by atoms with van der Waals surface area (Å²) in [7, 11) is 0. The Balaban J connectivity index is 0. The van der Waals surface area contributed by atoms with Crippen LogP contribution in [-0.2, 0) is 0 Å². The van der Waals surface area contributed by atoms with Gasteiger partial charge in [-0.05, 0) is 0 Å². The number of hydrogen-bond donors (Lipinski definition) is 5. The molecule has 0 aliphatic rings. The van der Waals surface area contributed by atoms with E-state index in [0.717, 1.165) is 0 Å². The molecule has 0 aliphatic carbocycles. The summed E-state index contributed by atoms with van der Waals surface area (Å²) < 4.78 is 0. The van der Waals surface area contributed by atoms with E-state index >= 15 is 0 Å². The third-order valence-electron chi connectivity index (χ3n) is 0.123. The topological polar surface area (TPSA) is 139 Å². The summed E-state index contributed by atoms with van der Waals surface area (Å²) >= 11 is 0. The minimum absolute atomic E-state index is 1.22. The number of carboxylic acid groups (broad SMARTS) is 2. The van der Waals surface area contributed by atoms with E-state index in [-0.39, 0.29) is 0 Å². The van der Waals surface area contributed by atoms with Crippen LogP contribution in [0.15, 0.2) is 0 Å². The third-order valence-corrected chi connectivity index (χ3v) is 0.123. The molecule has 0 radical (unpaired) electrons. The monoisotopic (exact) mass is 137 g/mol. The second-order valence-electron chi connectivity index (χ2n) is 0.788. The summed E-state index contributed by atoms with van der Waals surface area (Å²) in [6, 6.07) is 0. The van der Waals surface area contributed by atoms with Crippen LogP contribution < -0.4 is 17.0 Å². The van der Waals surface area contributed by atoms with Crippen molar-refractivity contribution in [3.63, 3.8) is 0 Å². The number of hydrogen-bond acceptors (Lipinski definition) is 3. The van der Waals surface area contributed by atoms with Gasteiger partial charge in [0.1, 0.15) is 0 Å². The lowest BCUT2D eigenvalue weighted by atomic mass is 11.3. The maximum absolute atomic E-state index is 9.13. The van der Waals surface area contributed by atoms with Crippen LogP contribution in [0.2, 0.25) is 0 Å². The highest BCUT2D eigenvalue weighted by molar-refractivity contribution is 5.63. The number of primary amides is 1. The molecular weight excluding hydrogens is 130 g/mol. The zero-order valence-corrected chi connectivity index (χ0v) is 4.37. The first-order valence-electron chi connectivity index (χ1n) is 1.68. The van der Waals surface area contributed by atoms with Crippen LogP contribution in [0, 0.1) is 0 Å². The molecule has 0 aromatic heterocycles. The fourth-order valence-electron chi connectivity index (χ4n) is 0. The molecule has 0 saturated carbocycles. The van der Waals surface area contributed by atoms with Gasteiger partial charge < -0.3 is 15.9 Å². The molecule has 7 heteroatoms. The summed E-state index contributed by atoms with van der Waals surface area (Å²) in [6.07, 6.45) is -2.55. The Kier molecular flexibility index (Phi) is 7.57. The number of nitrogens with two attached hydrogens (primary N) is 2. The molecule has 7 N–H and O–H groups in total. The molecule has 0 aromatic rings. The number of rotatable bonds is 0. The molecule has 0 atom stereocenters. The molecule has 7 nitrogen and oxygen atoms in total. The van der Waals surface area contributed by atoms with Crippen LogP contribution in [0.5, 0.6) is 0 Å². The first kappa shape index (κ1) is 10.5. The van der Waals surface area contributed by atoms with Gasteiger partial charge in [0.25, 0.3) is 0 Å². The average molecular weight is 137 g/mol. The van der Waals surface area contributed by atoms with Gasteiger partial charge in [0.15, 0.2) is 0 Å². The zero-order valence-electron chi connectivity index (χ0n) is 4.37. The molecular formula is C2H7N3O4. The van der Waals surface area contributed by atoms with Gasteiger partial charge in [0, 0.05) is 0 Å². The summed E-state index contributed by atoms with van der Waals surface area (Å²) in [5.74, 6) is 4.32.